The van der Waals surface area contributed by atoms with Crippen LogP contribution in [-0.4, -0.2) is 92.1 Å². The predicted molar refractivity (Wildman–Crippen MR) is 225 cm³/mol. The van der Waals surface area contributed by atoms with Gasteiger partial charge in [-0.05, 0) is 83.3 Å². The number of isocyanates is 1. The number of hydrogen-bond acceptors (Lipinski definition) is 13. The molecule has 2 aromatic heterocycles. The van der Waals surface area contributed by atoms with Crippen LogP contribution in [0.5, 0.6) is 11.8 Å². The summed E-state index contributed by atoms with van der Waals surface area (Å²) in [6.07, 6.45) is 5.31. The van der Waals surface area contributed by atoms with Gasteiger partial charge in [0.25, 0.3) is 0 Å². The molecule has 0 fully saturated rings. The summed E-state index contributed by atoms with van der Waals surface area (Å²) in [5, 5.41) is 7.27. The number of benzene rings is 2. The normalized spacial score (nSPS) is 11.1. The van der Waals surface area contributed by atoms with Crippen molar-refractivity contribution in [3.8, 4) is 34.0 Å². The number of pyridine rings is 2. The van der Waals surface area contributed by atoms with Gasteiger partial charge in [0.05, 0.1) is 37.1 Å². The molecule has 0 saturated heterocycles. The van der Waals surface area contributed by atoms with Crippen molar-refractivity contribution in [2.75, 3.05) is 58.5 Å². The Balaban J connectivity index is 0.000000357. The second-order valence-corrected chi connectivity index (χ2v) is 17.0. The number of rotatable bonds is 17. The van der Waals surface area contributed by atoms with Crippen molar-refractivity contribution in [2.24, 2.45) is 10.1 Å². The van der Waals surface area contributed by atoms with E-state index >= 15 is 0 Å². The second-order valence-electron chi connectivity index (χ2n) is 13.4. The molecule has 20 heteroatoms. The lowest BCUT2D eigenvalue weighted by molar-refractivity contribution is 0.199. The van der Waals surface area contributed by atoms with Gasteiger partial charge >= 0.3 is 6.03 Å². The second kappa shape index (κ2) is 24.6. The average Bonchev–Trinajstić information content (AvgIpc) is 3.18. The monoisotopic (exact) mass is 878 g/mol. The molecule has 2 amide bonds. The molecule has 2 heterocycles. The van der Waals surface area contributed by atoms with Gasteiger partial charge in [0, 0.05) is 63.1 Å². The third-order valence-corrected chi connectivity index (χ3v) is 10.4. The third kappa shape index (κ3) is 17.1. The lowest BCUT2D eigenvalue weighted by atomic mass is 9.94. The van der Waals surface area contributed by atoms with Crippen molar-refractivity contribution >= 4 is 43.5 Å². The minimum Gasteiger partial charge on any atom is -0.481 e. The van der Waals surface area contributed by atoms with Crippen LogP contribution in [0.4, 0.5) is 25.0 Å². The highest BCUT2D eigenvalue weighted by atomic mass is 32.2. The van der Waals surface area contributed by atoms with Crippen LogP contribution in [0.3, 0.4) is 0 Å². The number of carbonyl (C=O) groups excluding carboxylic acids is 2. The van der Waals surface area contributed by atoms with Crippen LogP contribution in [0.2, 0.25) is 0 Å². The van der Waals surface area contributed by atoms with Crippen LogP contribution >= 0.6 is 0 Å². The SMILES string of the molecule is COCCCS(=O)(=O)NC(=O)Nc1c(-c2ccnc(OC)c2)cc(F)cc1C(C)C.COCCCS(N)(=O)=O.COc1cc(-c2cc(F)cc(C(C)C)c2N=C=O)ccn1. The fraction of sp³-hybridized carbons (Fsp3) is 0.400. The largest absolute Gasteiger partial charge is 0.481 e. The number of aromatic nitrogens is 2. The number of ether oxygens (including phenoxy) is 4. The molecule has 0 unspecified atom stereocenters. The number of hydrogen-bond donors (Lipinski definition) is 3. The fourth-order valence-corrected chi connectivity index (χ4v) is 6.86. The molecule has 0 aliphatic carbocycles. The van der Waals surface area contributed by atoms with Crippen LogP contribution in [0.15, 0.2) is 65.9 Å². The zero-order chi connectivity index (χ0) is 45.0. The summed E-state index contributed by atoms with van der Waals surface area (Å²) >= 11 is 0. The van der Waals surface area contributed by atoms with Crippen molar-refractivity contribution in [3.63, 3.8) is 0 Å². The number of amides is 2. The fourth-order valence-electron chi connectivity index (χ4n) is 5.41. The summed E-state index contributed by atoms with van der Waals surface area (Å²) < 4.78 is 94.5. The lowest BCUT2D eigenvalue weighted by Crippen LogP contribution is -2.36. The first kappa shape index (κ1) is 50.8. The molecular formula is C40H52F2N6O10S2. The number of urea groups is 1. The van der Waals surface area contributed by atoms with Crippen LogP contribution in [0, 0.1) is 11.6 Å². The molecule has 0 atom stereocenters. The number of methoxy groups -OCH3 is 4. The van der Waals surface area contributed by atoms with Gasteiger partial charge in [-0.3, -0.25) is 0 Å². The minimum atomic E-state index is -3.85. The van der Waals surface area contributed by atoms with Crippen molar-refractivity contribution in [2.45, 2.75) is 52.4 Å². The summed E-state index contributed by atoms with van der Waals surface area (Å²) in [6.45, 7) is 8.21. The number of nitrogens with zero attached hydrogens (tertiary/aromatic N) is 3. The Kier molecular flexibility index (Phi) is 20.9. The maximum Gasteiger partial charge on any atom is 0.332 e. The van der Waals surface area contributed by atoms with Gasteiger partial charge in [-0.1, -0.05) is 27.7 Å². The zero-order valence-electron chi connectivity index (χ0n) is 34.7. The van der Waals surface area contributed by atoms with Gasteiger partial charge in [0.15, 0.2) is 0 Å². The van der Waals surface area contributed by atoms with E-state index in [0.717, 1.165) is 0 Å². The van der Waals surface area contributed by atoms with Crippen LogP contribution in [0.1, 0.15) is 63.5 Å². The number of nitrogens with one attached hydrogen (secondary N) is 2. The number of sulfonamides is 2. The Morgan fingerprint density at radius 2 is 1.25 bits per heavy atom. The molecule has 60 heavy (non-hydrogen) atoms. The molecule has 16 nitrogen and oxygen atoms in total. The summed E-state index contributed by atoms with van der Waals surface area (Å²) in [5.41, 5.74) is 4.04. The maximum absolute atomic E-state index is 14.3. The van der Waals surface area contributed by atoms with Gasteiger partial charge in [-0.15, -0.1) is 0 Å². The molecular weight excluding hydrogens is 827 g/mol. The highest BCUT2D eigenvalue weighted by Crippen LogP contribution is 2.39. The Bertz CT molecular complexity index is 2310. The zero-order valence-corrected chi connectivity index (χ0v) is 36.4. The molecule has 0 aliphatic rings. The highest BCUT2D eigenvalue weighted by molar-refractivity contribution is 7.90. The van der Waals surface area contributed by atoms with E-state index in [1.807, 2.05) is 32.4 Å². The van der Waals surface area contributed by atoms with Crippen molar-refractivity contribution in [3.05, 3.63) is 83.7 Å². The summed E-state index contributed by atoms with van der Waals surface area (Å²) in [4.78, 5) is 35.0. The van der Waals surface area contributed by atoms with E-state index in [1.54, 1.807) is 36.5 Å². The van der Waals surface area contributed by atoms with Crippen LogP contribution < -0.4 is 24.7 Å². The van der Waals surface area contributed by atoms with E-state index in [4.69, 9.17) is 19.3 Å². The van der Waals surface area contributed by atoms with E-state index in [-0.39, 0.29) is 42.2 Å². The molecule has 0 spiro atoms. The van der Waals surface area contributed by atoms with Gasteiger partial charge < -0.3 is 24.3 Å². The van der Waals surface area contributed by atoms with E-state index < -0.39 is 31.9 Å². The number of anilines is 1. The number of carbonyl (C=O) groups is 1. The number of aliphatic imine (C=N–C) groups is 1. The van der Waals surface area contributed by atoms with Crippen molar-refractivity contribution in [1.82, 2.24) is 14.7 Å². The number of primary sulfonamides is 1. The number of nitrogens with two attached hydrogens (primary N) is 1. The van der Waals surface area contributed by atoms with E-state index in [1.165, 1.54) is 58.9 Å². The van der Waals surface area contributed by atoms with E-state index in [2.05, 4.69) is 25.0 Å². The summed E-state index contributed by atoms with van der Waals surface area (Å²) in [7, 11) is -1.19. The highest BCUT2D eigenvalue weighted by Gasteiger charge is 2.21. The molecule has 4 N–H and O–H groups in total. The first-order valence-corrected chi connectivity index (χ1v) is 21.7. The Morgan fingerprint density at radius 1 is 0.767 bits per heavy atom. The maximum atomic E-state index is 14.3. The standard InChI is InChI=1S/C20H26FN3O5S.C16H15FN2O2.C4H11NO3S/c1-13(2)16-11-15(21)12-17(14-6-7-22-18(10-14)29-4)19(16)23-20(25)24-30(26,27)9-5-8-28-3;1-10(2)13-7-12(17)8-14(16(13)19-9-20)11-4-5-18-15(6-11)21-3;1-8-3-2-4-9(5,6)7/h6-7,10-13H,5,8-9H2,1-4H3,(H2,23,24,25);4-8,10H,1-3H3;2-4H2,1H3,(H2,5,6,7). The first-order chi connectivity index (χ1) is 28.3. The van der Waals surface area contributed by atoms with Crippen LogP contribution in [-0.2, 0) is 34.3 Å². The van der Waals surface area contributed by atoms with Gasteiger partial charge in [0.1, 0.15) is 11.6 Å². The molecule has 0 bridgehead atoms. The molecule has 4 rings (SSSR count). The van der Waals surface area contributed by atoms with Crippen molar-refractivity contribution < 1.29 is 54.2 Å². The van der Waals surface area contributed by atoms with Crippen LogP contribution in [0.25, 0.3) is 22.3 Å². The Morgan fingerprint density at radius 3 is 1.72 bits per heavy atom. The molecule has 328 valence electrons. The molecule has 0 aliphatic heterocycles. The van der Waals surface area contributed by atoms with Gasteiger partial charge in [-0.2, -0.15) is 4.99 Å². The van der Waals surface area contributed by atoms with E-state index in [9.17, 15) is 35.2 Å². The molecule has 2 aromatic carbocycles. The molecule has 0 radical (unpaired) electrons. The molecule has 0 saturated carbocycles. The quantitative estimate of drug-likeness (QED) is 0.0565. The topological polar surface area (TPSA) is 228 Å². The summed E-state index contributed by atoms with van der Waals surface area (Å²) in [5.74, 6) is -0.517. The Labute approximate surface area is 350 Å². The lowest BCUT2D eigenvalue weighted by Gasteiger charge is -2.19. The summed E-state index contributed by atoms with van der Waals surface area (Å²) in [6, 6.07) is 11.0. The predicted octanol–water partition coefficient (Wildman–Crippen LogP) is 6.81. The average molecular weight is 879 g/mol. The number of halogens is 2. The minimum absolute atomic E-state index is 0.000833. The van der Waals surface area contributed by atoms with Gasteiger partial charge in [0.2, 0.25) is 37.9 Å². The first-order valence-electron chi connectivity index (χ1n) is 18.3. The smallest absolute Gasteiger partial charge is 0.332 e. The van der Waals surface area contributed by atoms with Gasteiger partial charge in [-0.25, -0.2) is 55.0 Å². The molecule has 4 aromatic rings. The third-order valence-electron chi connectivity index (χ3n) is 8.17. The Hall–Kier alpha value is -5.37. The van der Waals surface area contributed by atoms with Crippen molar-refractivity contribution in [1.29, 1.82) is 0 Å². The van der Waals surface area contributed by atoms with E-state index in [0.29, 0.717) is 69.5 Å².